The van der Waals surface area contributed by atoms with Crippen LogP contribution in [-0.4, -0.2) is 27.6 Å². The molecule has 0 fully saturated rings. The molecule has 0 bridgehead atoms. The average Bonchev–Trinajstić information content (AvgIpc) is 3.19. The van der Waals surface area contributed by atoms with Crippen LogP contribution in [0.2, 0.25) is 0 Å². The Morgan fingerprint density at radius 2 is 2.07 bits per heavy atom. The maximum atomic E-state index is 13.1. The molecule has 0 saturated carbocycles. The van der Waals surface area contributed by atoms with Crippen molar-refractivity contribution in [2.45, 2.75) is 16.5 Å². The minimum Gasteiger partial charge on any atom is -0.357 e. The quantitative estimate of drug-likeness (QED) is 0.212. The van der Waals surface area contributed by atoms with E-state index in [2.05, 4.69) is 27.4 Å². The molecule has 0 saturated heterocycles. The number of carbonyl (C=O) groups is 1. The molecule has 2 N–H and O–H groups in total. The number of amides is 1. The normalized spacial score (nSPS) is 11.5. The summed E-state index contributed by atoms with van der Waals surface area (Å²) in [6, 6.07) is 13.9. The van der Waals surface area contributed by atoms with E-state index in [1.165, 1.54) is 29.2 Å². The fourth-order valence-electron chi connectivity index (χ4n) is 2.59. The number of anilines is 2. The number of benzene rings is 2. The van der Waals surface area contributed by atoms with Gasteiger partial charge in [-0.2, -0.15) is 0 Å². The molecule has 30 heavy (non-hydrogen) atoms. The molecule has 3 aromatic rings. The number of nitro benzene ring substituents is 1. The van der Waals surface area contributed by atoms with Crippen molar-refractivity contribution in [1.29, 1.82) is 0 Å². The predicted octanol–water partition coefficient (Wildman–Crippen LogP) is 4.82. The Morgan fingerprint density at radius 3 is 2.77 bits per heavy atom. The van der Waals surface area contributed by atoms with Crippen molar-refractivity contribution in [2.24, 2.45) is 0 Å². The summed E-state index contributed by atoms with van der Waals surface area (Å²) in [5.74, 6) is -0.381. The lowest BCUT2D eigenvalue weighted by Crippen LogP contribution is -2.19. The van der Waals surface area contributed by atoms with E-state index in [4.69, 9.17) is 0 Å². The van der Waals surface area contributed by atoms with Gasteiger partial charge in [-0.25, -0.2) is 0 Å². The molecule has 1 atom stereocenters. The Balaban J connectivity index is 1.86. The first-order valence-electron chi connectivity index (χ1n) is 8.93. The molecule has 0 radical (unpaired) electrons. The maximum absolute atomic E-state index is 13.1. The number of nitrogens with zero attached hydrogens (tertiary/aromatic N) is 3. The van der Waals surface area contributed by atoms with Crippen molar-refractivity contribution in [3.05, 3.63) is 82.4 Å². The van der Waals surface area contributed by atoms with E-state index < -0.39 is 10.2 Å². The minimum atomic E-state index is -0.660. The molecule has 0 spiro atoms. The van der Waals surface area contributed by atoms with Crippen LogP contribution in [0.4, 0.5) is 16.5 Å². The predicted molar refractivity (Wildman–Crippen MR) is 120 cm³/mol. The van der Waals surface area contributed by atoms with Gasteiger partial charge in [0.1, 0.15) is 10.9 Å². The van der Waals surface area contributed by atoms with Crippen LogP contribution in [0.25, 0.3) is 0 Å². The summed E-state index contributed by atoms with van der Waals surface area (Å²) in [5, 5.41) is 25.3. The van der Waals surface area contributed by atoms with E-state index in [9.17, 15) is 14.9 Å². The monoisotopic (exact) mass is 441 g/mol. The van der Waals surface area contributed by atoms with E-state index in [1.807, 2.05) is 30.3 Å². The Labute approximate surface area is 181 Å². The highest BCUT2D eigenvalue weighted by Crippen LogP contribution is 2.39. The summed E-state index contributed by atoms with van der Waals surface area (Å²) in [5.41, 5.74) is 1.50. The van der Waals surface area contributed by atoms with Crippen LogP contribution in [0.1, 0.15) is 16.4 Å². The summed E-state index contributed by atoms with van der Waals surface area (Å²) in [4.78, 5) is 24.0. The number of aromatic nitrogens is 2. The fraction of sp³-hybridized carbons (Fsp3) is 0.150. The van der Waals surface area contributed by atoms with Gasteiger partial charge in [-0.05, 0) is 24.1 Å². The molecule has 2 aromatic carbocycles. The molecule has 8 nitrogen and oxygen atoms in total. The molecule has 0 aliphatic rings. The second kappa shape index (κ2) is 9.99. The Bertz CT molecular complexity index is 1060. The first-order chi connectivity index (χ1) is 14.5. The van der Waals surface area contributed by atoms with Crippen LogP contribution in [-0.2, 0) is 4.79 Å². The number of nitro groups is 1. The number of nitrogens with one attached hydrogen (secondary N) is 2. The largest absolute Gasteiger partial charge is 0.357 e. The third kappa shape index (κ3) is 5.43. The number of hydrogen-bond acceptors (Lipinski definition) is 8. The van der Waals surface area contributed by atoms with Crippen LogP contribution < -0.4 is 10.6 Å². The second-order valence-corrected chi connectivity index (χ2v) is 8.55. The van der Waals surface area contributed by atoms with Gasteiger partial charge in [0.2, 0.25) is 11.0 Å². The first-order valence-corrected chi connectivity index (χ1v) is 10.6. The molecule has 10 heteroatoms. The van der Waals surface area contributed by atoms with Crippen LogP contribution >= 0.6 is 23.1 Å². The maximum Gasteiger partial charge on any atom is 0.293 e. The third-order valence-corrected chi connectivity index (χ3v) is 6.19. The zero-order valence-electron chi connectivity index (χ0n) is 16.1. The zero-order chi connectivity index (χ0) is 21.5. The highest BCUT2D eigenvalue weighted by Gasteiger charge is 2.26. The van der Waals surface area contributed by atoms with Gasteiger partial charge in [-0.1, -0.05) is 65.6 Å². The summed E-state index contributed by atoms with van der Waals surface area (Å²) in [6.07, 6.45) is 1.71. The van der Waals surface area contributed by atoms with E-state index >= 15 is 0 Å². The van der Waals surface area contributed by atoms with Gasteiger partial charge >= 0.3 is 0 Å². The lowest BCUT2D eigenvalue weighted by molar-refractivity contribution is -0.384. The molecule has 0 aliphatic heterocycles. The minimum absolute atomic E-state index is 0.146. The van der Waals surface area contributed by atoms with Crippen molar-refractivity contribution in [3.63, 3.8) is 0 Å². The number of carbonyl (C=O) groups excluding carboxylic acids is 1. The average molecular weight is 442 g/mol. The topological polar surface area (TPSA) is 110 Å². The Hall–Kier alpha value is -3.24. The molecule has 0 aliphatic carbocycles. The van der Waals surface area contributed by atoms with Gasteiger partial charge in [0.25, 0.3) is 5.69 Å². The van der Waals surface area contributed by atoms with Gasteiger partial charge in [0.05, 0.1) is 4.92 Å². The molecular formula is C20H19N5O3S2. The summed E-state index contributed by atoms with van der Waals surface area (Å²) in [6.45, 7) is 5.96. The fourth-order valence-corrected chi connectivity index (χ4v) is 4.54. The van der Waals surface area contributed by atoms with E-state index in [0.29, 0.717) is 16.0 Å². The summed E-state index contributed by atoms with van der Waals surface area (Å²) >= 11 is 2.56. The number of thioether (sulfide) groups is 1. The smallest absolute Gasteiger partial charge is 0.293 e. The van der Waals surface area contributed by atoms with Crippen molar-refractivity contribution in [2.75, 3.05) is 17.2 Å². The molecule has 1 heterocycles. The molecule has 1 aromatic heterocycles. The standard InChI is InChI=1S/C20H19N5O3S2/c1-3-11-21-19-23-24-20(30-19)29-17(14-7-5-4-6-8-14)18(26)22-15-10-9-13(2)12-16(15)25(27)28/h3-10,12,17H,1,11H2,2H3,(H,21,23)(H,22,26). The molecule has 154 valence electrons. The SMILES string of the molecule is C=CCNc1nnc(SC(C(=O)Nc2ccc(C)cc2[N+](=O)[O-])c2ccccc2)s1. The highest BCUT2D eigenvalue weighted by atomic mass is 32.2. The summed E-state index contributed by atoms with van der Waals surface area (Å²) in [7, 11) is 0. The molecule has 1 unspecified atom stereocenters. The summed E-state index contributed by atoms with van der Waals surface area (Å²) < 4.78 is 0.601. The second-order valence-electron chi connectivity index (χ2n) is 6.22. The lowest BCUT2D eigenvalue weighted by atomic mass is 10.1. The van der Waals surface area contributed by atoms with E-state index in [1.54, 1.807) is 25.1 Å². The van der Waals surface area contributed by atoms with Gasteiger partial charge in [0.15, 0.2) is 4.34 Å². The Kier molecular flexibility index (Phi) is 7.15. The van der Waals surface area contributed by atoms with Crippen LogP contribution in [0.5, 0.6) is 0 Å². The van der Waals surface area contributed by atoms with Crippen LogP contribution in [0.3, 0.4) is 0 Å². The van der Waals surface area contributed by atoms with Crippen molar-refractivity contribution < 1.29 is 9.72 Å². The molecule has 1 amide bonds. The van der Waals surface area contributed by atoms with Crippen molar-refractivity contribution in [3.8, 4) is 0 Å². The molecule has 3 rings (SSSR count). The van der Waals surface area contributed by atoms with Gasteiger partial charge < -0.3 is 10.6 Å². The van der Waals surface area contributed by atoms with Crippen LogP contribution in [0, 0.1) is 17.0 Å². The van der Waals surface area contributed by atoms with E-state index in [0.717, 1.165) is 11.1 Å². The van der Waals surface area contributed by atoms with Gasteiger partial charge in [0, 0.05) is 12.6 Å². The Morgan fingerprint density at radius 1 is 1.30 bits per heavy atom. The number of aryl methyl sites for hydroxylation is 1. The third-order valence-electron chi connectivity index (χ3n) is 3.97. The first kappa shape index (κ1) is 21.5. The van der Waals surface area contributed by atoms with Crippen molar-refractivity contribution >= 4 is 45.5 Å². The lowest BCUT2D eigenvalue weighted by Gasteiger charge is -2.15. The van der Waals surface area contributed by atoms with E-state index in [-0.39, 0.29) is 17.3 Å². The van der Waals surface area contributed by atoms with Crippen LogP contribution in [0.15, 0.2) is 65.5 Å². The van der Waals surface area contributed by atoms with Gasteiger partial charge in [-0.3, -0.25) is 14.9 Å². The highest BCUT2D eigenvalue weighted by molar-refractivity contribution is 8.02. The van der Waals surface area contributed by atoms with Gasteiger partial charge in [-0.15, -0.1) is 16.8 Å². The number of hydrogen-bond donors (Lipinski definition) is 2. The number of rotatable bonds is 9. The zero-order valence-corrected chi connectivity index (χ0v) is 17.7. The molecular weight excluding hydrogens is 422 g/mol. The van der Waals surface area contributed by atoms with Crippen molar-refractivity contribution in [1.82, 2.24) is 10.2 Å².